The number of hydrogen-bond donors (Lipinski definition) is 2. The molecule has 0 saturated carbocycles. The highest BCUT2D eigenvalue weighted by molar-refractivity contribution is 7.93. The predicted molar refractivity (Wildman–Crippen MR) is 108 cm³/mol. The first-order chi connectivity index (χ1) is 14.0. The van der Waals surface area contributed by atoms with Gasteiger partial charge in [0.2, 0.25) is 0 Å². The van der Waals surface area contributed by atoms with Gasteiger partial charge >= 0.3 is 6.18 Å². The van der Waals surface area contributed by atoms with Crippen molar-refractivity contribution in [1.82, 2.24) is 10.3 Å². The first-order valence-corrected chi connectivity index (χ1v) is 11.0. The summed E-state index contributed by atoms with van der Waals surface area (Å²) in [6.45, 7) is -1.48. The molecule has 1 amide bonds. The fourth-order valence-corrected chi connectivity index (χ4v) is 4.41. The van der Waals surface area contributed by atoms with E-state index in [-0.39, 0.29) is 15.6 Å². The first kappa shape index (κ1) is 22.1. The smallest absolute Gasteiger partial charge is 0.343 e. The summed E-state index contributed by atoms with van der Waals surface area (Å²) in [4.78, 5) is 15.8. The number of halogens is 4. The molecule has 12 heteroatoms. The van der Waals surface area contributed by atoms with Crippen molar-refractivity contribution in [2.75, 3.05) is 11.3 Å². The summed E-state index contributed by atoms with van der Waals surface area (Å²) >= 11 is 6.92. The van der Waals surface area contributed by atoms with Gasteiger partial charge in [0.1, 0.15) is 6.54 Å². The molecule has 0 aliphatic rings. The SMILES string of the molecule is O=C(NCC(F)(F)F)c1ccc(S(=O)(=O)Nc2nc(-c3ccc(Cl)cc3)cs2)cc1. The molecule has 30 heavy (non-hydrogen) atoms. The zero-order valence-corrected chi connectivity index (χ0v) is 17.3. The van der Waals surface area contributed by atoms with Gasteiger partial charge in [-0.2, -0.15) is 13.2 Å². The van der Waals surface area contributed by atoms with E-state index < -0.39 is 28.7 Å². The zero-order valence-electron chi connectivity index (χ0n) is 14.9. The van der Waals surface area contributed by atoms with E-state index in [0.717, 1.165) is 41.2 Å². The Labute approximate surface area is 178 Å². The second kappa shape index (κ2) is 8.62. The lowest BCUT2D eigenvalue weighted by Gasteiger charge is -2.09. The second-order valence-electron chi connectivity index (χ2n) is 5.97. The summed E-state index contributed by atoms with van der Waals surface area (Å²) in [6, 6.07) is 11.4. The highest BCUT2D eigenvalue weighted by atomic mass is 35.5. The highest BCUT2D eigenvalue weighted by Gasteiger charge is 2.28. The van der Waals surface area contributed by atoms with E-state index in [1.165, 1.54) is 0 Å². The van der Waals surface area contributed by atoms with Crippen LogP contribution >= 0.6 is 22.9 Å². The second-order valence-corrected chi connectivity index (χ2v) is 8.95. The minimum Gasteiger partial charge on any atom is -0.343 e. The number of benzene rings is 2. The van der Waals surface area contributed by atoms with Gasteiger partial charge in [0, 0.05) is 21.5 Å². The summed E-state index contributed by atoms with van der Waals surface area (Å²) in [7, 11) is -4.00. The van der Waals surface area contributed by atoms with Crippen LogP contribution in [0, 0.1) is 0 Å². The van der Waals surface area contributed by atoms with Gasteiger partial charge < -0.3 is 5.32 Å². The van der Waals surface area contributed by atoms with Crippen molar-refractivity contribution in [1.29, 1.82) is 0 Å². The molecule has 0 saturated heterocycles. The Bertz CT molecular complexity index is 1150. The molecular formula is C18H13ClF3N3O3S2. The summed E-state index contributed by atoms with van der Waals surface area (Å²) in [6.07, 6.45) is -4.54. The number of anilines is 1. The van der Waals surface area contributed by atoms with Crippen LogP contribution in [0.15, 0.2) is 58.8 Å². The molecule has 0 aliphatic carbocycles. The maximum absolute atomic E-state index is 12.5. The van der Waals surface area contributed by atoms with Crippen LogP contribution in [0.3, 0.4) is 0 Å². The molecule has 0 radical (unpaired) electrons. The van der Waals surface area contributed by atoms with Crippen molar-refractivity contribution in [3.8, 4) is 11.3 Å². The van der Waals surface area contributed by atoms with Crippen molar-refractivity contribution in [3.63, 3.8) is 0 Å². The molecule has 6 nitrogen and oxygen atoms in total. The normalized spacial score (nSPS) is 11.9. The summed E-state index contributed by atoms with van der Waals surface area (Å²) in [5, 5.41) is 4.08. The van der Waals surface area contributed by atoms with Crippen LogP contribution in [0.25, 0.3) is 11.3 Å². The number of carbonyl (C=O) groups is 1. The number of thiazole rings is 1. The molecule has 0 unspecified atom stereocenters. The van der Waals surface area contributed by atoms with Crippen LogP contribution in [0.5, 0.6) is 0 Å². The van der Waals surface area contributed by atoms with Gasteiger partial charge in [-0.1, -0.05) is 23.7 Å². The third kappa shape index (κ3) is 5.71. The minimum absolute atomic E-state index is 0.0996. The van der Waals surface area contributed by atoms with E-state index in [9.17, 15) is 26.4 Å². The molecular weight excluding hydrogens is 463 g/mol. The van der Waals surface area contributed by atoms with E-state index in [1.54, 1.807) is 35.0 Å². The molecule has 2 aromatic carbocycles. The van der Waals surface area contributed by atoms with Crippen LogP contribution in [-0.2, 0) is 10.0 Å². The molecule has 1 aromatic heterocycles. The van der Waals surface area contributed by atoms with E-state index in [4.69, 9.17) is 11.6 Å². The average Bonchev–Trinajstić information content (AvgIpc) is 3.14. The van der Waals surface area contributed by atoms with Crippen LogP contribution in [0.1, 0.15) is 10.4 Å². The Kier molecular flexibility index (Phi) is 6.34. The molecule has 0 spiro atoms. The predicted octanol–water partition coefficient (Wildman–Crippen LogP) is 4.56. The topological polar surface area (TPSA) is 88.2 Å². The monoisotopic (exact) mass is 475 g/mol. The Balaban J connectivity index is 1.70. The largest absolute Gasteiger partial charge is 0.405 e. The molecule has 158 valence electrons. The molecule has 0 bridgehead atoms. The number of nitrogens with one attached hydrogen (secondary N) is 2. The third-order valence-corrected chi connectivity index (χ3v) is 6.24. The minimum atomic E-state index is -4.54. The van der Waals surface area contributed by atoms with Crippen LogP contribution in [0.4, 0.5) is 18.3 Å². The number of sulfonamides is 1. The van der Waals surface area contributed by atoms with E-state index in [2.05, 4.69) is 9.71 Å². The number of hydrogen-bond acceptors (Lipinski definition) is 5. The Morgan fingerprint density at radius 2 is 1.70 bits per heavy atom. The number of rotatable bonds is 6. The number of aromatic nitrogens is 1. The summed E-state index contributed by atoms with van der Waals surface area (Å²) < 4.78 is 63.9. The van der Waals surface area contributed by atoms with Crippen molar-refractivity contribution in [2.24, 2.45) is 0 Å². The van der Waals surface area contributed by atoms with E-state index in [1.807, 2.05) is 0 Å². The van der Waals surface area contributed by atoms with Gasteiger partial charge in [0.25, 0.3) is 15.9 Å². The molecule has 2 N–H and O–H groups in total. The fraction of sp³-hybridized carbons (Fsp3) is 0.111. The van der Waals surface area contributed by atoms with Gasteiger partial charge in [-0.15, -0.1) is 11.3 Å². The van der Waals surface area contributed by atoms with Gasteiger partial charge in [-0.05, 0) is 36.4 Å². The Morgan fingerprint density at radius 1 is 1.07 bits per heavy atom. The zero-order chi connectivity index (χ0) is 21.9. The average molecular weight is 476 g/mol. The molecule has 1 heterocycles. The van der Waals surface area contributed by atoms with Crippen LogP contribution in [0.2, 0.25) is 5.02 Å². The molecule has 0 aliphatic heterocycles. The van der Waals surface area contributed by atoms with Crippen LogP contribution < -0.4 is 10.0 Å². The van der Waals surface area contributed by atoms with E-state index >= 15 is 0 Å². The first-order valence-electron chi connectivity index (χ1n) is 8.23. The quantitative estimate of drug-likeness (QED) is 0.547. The number of nitrogens with zero attached hydrogens (tertiary/aromatic N) is 1. The Hall–Kier alpha value is -2.63. The summed E-state index contributed by atoms with van der Waals surface area (Å²) in [5.74, 6) is -0.961. The van der Waals surface area contributed by atoms with Crippen molar-refractivity contribution < 1.29 is 26.4 Å². The van der Waals surface area contributed by atoms with Gasteiger partial charge in [0.15, 0.2) is 5.13 Å². The fourth-order valence-electron chi connectivity index (χ4n) is 2.32. The van der Waals surface area contributed by atoms with Gasteiger partial charge in [-0.3, -0.25) is 9.52 Å². The standard InChI is InChI=1S/C18H13ClF3N3O3S2/c19-13-5-1-11(2-6-13)15-9-29-17(24-15)25-30(27,28)14-7-3-12(4-8-14)16(26)23-10-18(20,21)22/h1-9H,10H2,(H,23,26)(H,24,25). The number of amides is 1. The lowest BCUT2D eigenvalue weighted by molar-refractivity contribution is -0.123. The maximum atomic E-state index is 12.5. The van der Waals surface area contributed by atoms with Crippen LogP contribution in [-0.4, -0.2) is 32.0 Å². The molecule has 0 atom stereocenters. The van der Waals surface area contributed by atoms with Crippen molar-refractivity contribution in [3.05, 3.63) is 64.5 Å². The maximum Gasteiger partial charge on any atom is 0.405 e. The molecule has 3 rings (SSSR count). The highest BCUT2D eigenvalue weighted by Crippen LogP contribution is 2.27. The van der Waals surface area contributed by atoms with Gasteiger partial charge in [0.05, 0.1) is 10.6 Å². The van der Waals surface area contributed by atoms with Crippen molar-refractivity contribution in [2.45, 2.75) is 11.1 Å². The third-order valence-electron chi connectivity index (χ3n) is 3.74. The van der Waals surface area contributed by atoms with Crippen molar-refractivity contribution >= 4 is 44.0 Å². The number of alkyl halides is 3. The molecule has 3 aromatic rings. The Morgan fingerprint density at radius 3 is 2.30 bits per heavy atom. The van der Waals surface area contributed by atoms with E-state index in [0.29, 0.717) is 10.7 Å². The molecule has 0 fully saturated rings. The summed E-state index contributed by atoms with van der Waals surface area (Å²) in [5.41, 5.74) is 1.22. The lowest BCUT2D eigenvalue weighted by atomic mass is 10.2. The van der Waals surface area contributed by atoms with Gasteiger partial charge in [-0.25, -0.2) is 13.4 Å². The lowest BCUT2D eigenvalue weighted by Crippen LogP contribution is -2.33. The number of carbonyl (C=O) groups excluding carboxylic acids is 1.